The largest absolute Gasteiger partial charge is 0.481 e. The molecule has 5 N–H and O–H groups in total. The SMILES string of the molecule is Cc1ccccc1NC(=O)Nc1ccc(CCC(C)(C)CCNC(=O)C(CCC(=O)O)NC(=O)OCc2ccccc2)cc1. The molecule has 0 aromatic heterocycles. The molecule has 4 amide bonds. The first-order valence-electron chi connectivity index (χ1n) is 14.7. The molecule has 0 aliphatic heterocycles. The van der Waals surface area contributed by atoms with Crippen LogP contribution < -0.4 is 21.3 Å². The monoisotopic (exact) mass is 602 g/mol. The summed E-state index contributed by atoms with van der Waals surface area (Å²) in [6.45, 7) is 6.58. The molecular formula is C34H42N4O6. The Hall–Kier alpha value is -4.86. The molecule has 0 aliphatic rings. The van der Waals surface area contributed by atoms with Crippen molar-refractivity contribution in [1.29, 1.82) is 0 Å². The maximum atomic E-state index is 12.8. The first kappa shape index (κ1) is 33.6. The van der Waals surface area contributed by atoms with Gasteiger partial charge in [-0.3, -0.25) is 9.59 Å². The molecule has 10 heteroatoms. The van der Waals surface area contributed by atoms with Gasteiger partial charge in [-0.2, -0.15) is 0 Å². The van der Waals surface area contributed by atoms with Crippen molar-refractivity contribution in [1.82, 2.24) is 10.6 Å². The maximum Gasteiger partial charge on any atom is 0.408 e. The molecule has 0 fully saturated rings. The lowest BCUT2D eigenvalue weighted by atomic mass is 9.83. The highest BCUT2D eigenvalue weighted by molar-refractivity contribution is 6.00. The molecule has 44 heavy (non-hydrogen) atoms. The number of carbonyl (C=O) groups is 4. The van der Waals surface area contributed by atoms with Gasteiger partial charge in [0.05, 0.1) is 0 Å². The second-order valence-corrected chi connectivity index (χ2v) is 11.5. The number of alkyl carbamates (subject to hydrolysis) is 1. The van der Waals surface area contributed by atoms with Gasteiger partial charge in [0.2, 0.25) is 5.91 Å². The second kappa shape index (κ2) is 16.7. The van der Waals surface area contributed by atoms with E-state index in [1.807, 2.05) is 85.8 Å². The van der Waals surface area contributed by atoms with Crippen molar-refractivity contribution in [3.8, 4) is 0 Å². The lowest BCUT2D eigenvalue weighted by Crippen LogP contribution is -2.47. The van der Waals surface area contributed by atoms with Crippen LogP contribution in [-0.2, 0) is 27.4 Å². The van der Waals surface area contributed by atoms with Gasteiger partial charge < -0.3 is 31.1 Å². The number of carboxylic acids is 1. The van der Waals surface area contributed by atoms with Crippen molar-refractivity contribution in [3.63, 3.8) is 0 Å². The fraction of sp³-hybridized carbons (Fsp3) is 0.353. The molecule has 3 aromatic carbocycles. The molecule has 3 aromatic rings. The Morgan fingerprint density at radius 3 is 2.20 bits per heavy atom. The number of ether oxygens (including phenoxy) is 1. The van der Waals surface area contributed by atoms with Crippen LogP contribution in [0.4, 0.5) is 21.0 Å². The van der Waals surface area contributed by atoms with Crippen LogP contribution in [0, 0.1) is 12.3 Å². The number of anilines is 2. The molecule has 1 atom stereocenters. The Morgan fingerprint density at radius 1 is 0.841 bits per heavy atom. The zero-order valence-electron chi connectivity index (χ0n) is 25.5. The van der Waals surface area contributed by atoms with E-state index in [1.165, 1.54) is 0 Å². The molecule has 0 bridgehead atoms. The van der Waals surface area contributed by atoms with Crippen LogP contribution >= 0.6 is 0 Å². The number of rotatable bonds is 15. The van der Waals surface area contributed by atoms with Crippen LogP contribution in [0.3, 0.4) is 0 Å². The number of hydrogen-bond acceptors (Lipinski definition) is 5. The molecule has 0 aliphatic carbocycles. The maximum absolute atomic E-state index is 12.8. The first-order valence-corrected chi connectivity index (χ1v) is 14.7. The highest BCUT2D eigenvalue weighted by Gasteiger charge is 2.24. The number of nitrogens with one attached hydrogen (secondary N) is 4. The van der Waals surface area contributed by atoms with Crippen LogP contribution in [-0.4, -0.2) is 41.7 Å². The third-order valence-corrected chi connectivity index (χ3v) is 7.26. The van der Waals surface area contributed by atoms with E-state index in [9.17, 15) is 19.2 Å². The highest BCUT2D eigenvalue weighted by Crippen LogP contribution is 2.27. The summed E-state index contributed by atoms with van der Waals surface area (Å²) in [6, 6.07) is 23.1. The predicted octanol–water partition coefficient (Wildman–Crippen LogP) is 6.26. The van der Waals surface area contributed by atoms with Crippen LogP contribution in [0.2, 0.25) is 0 Å². The third kappa shape index (κ3) is 12.2. The van der Waals surface area contributed by atoms with Gasteiger partial charge in [-0.15, -0.1) is 0 Å². The first-order chi connectivity index (χ1) is 21.0. The van der Waals surface area contributed by atoms with Gasteiger partial charge in [0.1, 0.15) is 12.6 Å². The Balaban J connectivity index is 1.42. The van der Waals surface area contributed by atoms with Crippen LogP contribution in [0.1, 0.15) is 56.2 Å². The number of hydrogen-bond donors (Lipinski definition) is 5. The second-order valence-electron chi connectivity index (χ2n) is 11.5. The fourth-order valence-electron chi connectivity index (χ4n) is 4.45. The van der Waals surface area contributed by atoms with E-state index in [0.717, 1.165) is 35.2 Å². The molecule has 1 unspecified atom stereocenters. The van der Waals surface area contributed by atoms with Crippen molar-refractivity contribution >= 4 is 35.4 Å². The molecule has 10 nitrogen and oxygen atoms in total. The zero-order chi connectivity index (χ0) is 32.0. The minimum atomic E-state index is -1.06. The van der Waals surface area contributed by atoms with E-state index in [1.54, 1.807) is 0 Å². The molecule has 0 saturated carbocycles. The number of carbonyl (C=O) groups excluding carboxylic acids is 3. The summed E-state index contributed by atoms with van der Waals surface area (Å²) >= 11 is 0. The average molecular weight is 603 g/mol. The summed E-state index contributed by atoms with van der Waals surface area (Å²) in [6.07, 6.45) is 1.25. The minimum Gasteiger partial charge on any atom is -0.481 e. The summed E-state index contributed by atoms with van der Waals surface area (Å²) in [5.41, 5.74) is 4.25. The predicted molar refractivity (Wildman–Crippen MR) is 170 cm³/mol. The number of aliphatic carboxylic acids is 1. The summed E-state index contributed by atoms with van der Waals surface area (Å²) in [7, 11) is 0. The van der Waals surface area contributed by atoms with E-state index in [4.69, 9.17) is 9.84 Å². The van der Waals surface area contributed by atoms with Gasteiger partial charge in [0.25, 0.3) is 0 Å². The molecule has 234 valence electrons. The quantitative estimate of drug-likeness (QED) is 0.139. The van der Waals surface area contributed by atoms with Crippen molar-refractivity contribution in [2.75, 3.05) is 17.2 Å². The van der Waals surface area contributed by atoms with E-state index >= 15 is 0 Å². The van der Waals surface area contributed by atoms with E-state index in [0.29, 0.717) is 18.7 Å². The number of amides is 4. The van der Waals surface area contributed by atoms with Gasteiger partial charge in [0.15, 0.2) is 0 Å². The molecule has 3 rings (SSSR count). The van der Waals surface area contributed by atoms with Gasteiger partial charge in [-0.05, 0) is 72.9 Å². The molecule has 0 saturated heterocycles. The summed E-state index contributed by atoms with van der Waals surface area (Å²) in [5.74, 6) is -1.51. The summed E-state index contributed by atoms with van der Waals surface area (Å²) in [5, 5.41) is 20.1. The van der Waals surface area contributed by atoms with E-state index in [-0.39, 0.29) is 30.9 Å². The van der Waals surface area contributed by atoms with Crippen molar-refractivity contribution < 1.29 is 29.0 Å². The number of benzene rings is 3. The highest BCUT2D eigenvalue weighted by atomic mass is 16.5. The molecule has 0 heterocycles. The normalized spacial score (nSPS) is 11.6. The van der Waals surface area contributed by atoms with Crippen LogP contribution in [0.25, 0.3) is 0 Å². The lowest BCUT2D eigenvalue weighted by Gasteiger charge is -2.25. The van der Waals surface area contributed by atoms with Crippen LogP contribution in [0.15, 0.2) is 78.9 Å². The van der Waals surface area contributed by atoms with E-state index in [2.05, 4.69) is 35.1 Å². The van der Waals surface area contributed by atoms with Gasteiger partial charge in [-0.1, -0.05) is 74.5 Å². The van der Waals surface area contributed by atoms with Crippen molar-refractivity contribution in [3.05, 3.63) is 95.6 Å². The number of para-hydroxylation sites is 1. The minimum absolute atomic E-state index is 0.0384. The number of urea groups is 1. The Labute approximate surface area is 258 Å². The van der Waals surface area contributed by atoms with Gasteiger partial charge in [0, 0.05) is 24.3 Å². The Morgan fingerprint density at radius 2 is 1.52 bits per heavy atom. The molecular weight excluding hydrogens is 560 g/mol. The average Bonchev–Trinajstić information content (AvgIpc) is 2.99. The molecule has 0 radical (unpaired) electrons. The zero-order valence-corrected chi connectivity index (χ0v) is 25.5. The summed E-state index contributed by atoms with van der Waals surface area (Å²) < 4.78 is 5.20. The fourth-order valence-corrected chi connectivity index (χ4v) is 4.45. The standard InChI is InChI=1S/C34H42N4O6/c1-24-9-7-8-12-28(24)37-32(42)36-27-15-13-25(14-16-27)19-20-34(2,3)21-22-35-31(41)29(17-18-30(39)40)38-33(43)44-23-26-10-5-4-6-11-26/h4-16,29H,17-23H2,1-3H3,(H,35,41)(H,38,43)(H,39,40)(H2,36,37,42). The number of aryl methyl sites for hydroxylation is 2. The lowest BCUT2D eigenvalue weighted by molar-refractivity contribution is -0.137. The van der Waals surface area contributed by atoms with Gasteiger partial charge >= 0.3 is 18.1 Å². The summed E-state index contributed by atoms with van der Waals surface area (Å²) in [4.78, 5) is 48.6. The van der Waals surface area contributed by atoms with Crippen molar-refractivity contribution in [2.45, 2.75) is 65.5 Å². The van der Waals surface area contributed by atoms with Crippen molar-refractivity contribution in [2.24, 2.45) is 5.41 Å². The topological polar surface area (TPSA) is 146 Å². The van der Waals surface area contributed by atoms with E-state index < -0.39 is 24.0 Å². The number of carboxylic acid groups (broad SMARTS) is 1. The Kier molecular flexibility index (Phi) is 12.8. The third-order valence-electron chi connectivity index (χ3n) is 7.26. The Bertz CT molecular complexity index is 1390. The smallest absolute Gasteiger partial charge is 0.408 e. The van der Waals surface area contributed by atoms with Crippen LogP contribution in [0.5, 0.6) is 0 Å². The van der Waals surface area contributed by atoms with Gasteiger partial charge in [-0.25, -0.2) is 9.59 Å². The molecule has 0 spiro atoms.